The predicted molar refractivity (Wildman–Crippen MR) is 145 cm³/mol. The van der Waals surface area contributed by atoms with Crippen molar-refractivity contribution in [2.24, 2.45) is 5.41 Å². The summed E-state index contributed by atoms with van der Waals surface area (Å²) < 4.78 is 0. The van der Waals surface area contributed by atoms with Crippen LogP contribution in [-0.4, -0.2) is 47.9 Å². The normalized spacial score (nSPS) is 20.2. The fourth-order valence-electron chi connectivity index (χ4n) is 6.26. The van der Waals surface area contributed by atoms with Crippen LogP contribution in [0.3, 0.4) is 0 Å². The topological polar surface area (TPSA) is 65.5 Å². The Morgan fingerprint density at radius 1 is 0.973 bits per heavy atom. The van der Waals surface area contributed by atoms with Crippen LogP contribution < -0.4 is 10.2 Å². The molecule has 7 heteroatoms. The van der Waals surface area contributed by atoms with Crippen molar-refractivity contribution in [1.29, 1.82) is 0 Å². The van der Waals surface area contributed by atoms with Crippen molar-refractivity contribution in [3.05, 3.63) is 94.3 Å². The standard InChI is InChI=1S/C30H31ClN4O2/c31-26-4-2-1-3-24(26)28(36)33-27-8-7-21-5-6-22(19-25(21)27)29(37)35-18-13-30(20-35)11-16-34(17-12-30)23-9-14-32-15-10-23/h1-6,9-10,14-15,19,27H,7-8,11-13,16-18,20H2,(H,33,36). The van der Waals surface area contributed by atoms with E-state index in [1.165, 1.54) is 11.3 Å². The number of piperidine rings is 1. The fourth-order valence-corrected chi connectivity index (χ4v) is 6.48. The molecular weight excluding hydrogens is 484 g/mol. The molecule has 3 aliphatic rings. The lowest BCUT2D eigenvalue weighted by Crippen LogP contribution is -2.42. The Hall–Kier alpha value is -3.38. The molecule has 0 radical (unpaired) electrons. The van der Waals surface area contributed by atoms with Gasteiger partial charge in [-0.2, -0.15) is 0 Å². The van der Waals surface area contributed by atoms with E-state index in [0.29, 0.717) is 16.1 Å². The van der Waals surface area contributed by atoms with Crippen molar-refractivity contribution in [2.45, 2.75) is 38.1 Å². The van der Waals surface area contributed by atoms with E-state index in [1.807, 2.05) is 41.6 Å². The van der Waals surface area contributed by atoms with Crippen LogP contribution in [0, 0.1) is 5.41 Å². The van der Waals surface area contributed by atoms with E-state index in [-0.39, 0.29) is 23.3 Å². The Kier molecular flexibility index (Phi) is 6.37. The third-order valence-electron chi connectivity index (χ3n) is 8.47. The maximum atomic E-state index is 13.6. The van der Waals surface area contributed by atoms with E-state index in [1.54, 1.807) is 12.1 Å². The zero-order valence-corrected chi connectivity index (χ0v) is 21.6. The van der Waals surface area contributed by atoms with Gasteiger partial charge in [0, 0.05) is 49.8 Å². The Morgan fingerprint density at radius 3 is 2.51 bits per heavy atom. The van der Waals surface area contributed by atoms with Crippen molar-refractivity contribution in [3.8, 4) is 0 Å². The van der Waals surface area contributed by atoms with Gasteiger partial charge >= 0.3 is 0 Å². The van der Waals surface area contributed by atoms with Gasteiger partial charge in [0.25, 0.3) is 11.8 Å². The van der Waals surface area contributed by atoms with E-state index < -0.39 is 0 Å². The highest BCUT2D eigenvalue weighted by atomic mass is 35.5. The molecule has 2 saturated heterocycles. The lowest BCUT2D eigenvalue weighted by atomic mass is 9.77. The predicted octanol–water partition coefficient (Wildman–Crippen LogP) is 5.29. The number of carbonyl (C=O) groups excluding carboxylic acids is 2. The summed E-state index contributed by atoms with van der Waals surface area (Å²) in [4.78, 5) is 35.0. The number of anilines is 1. The molecule has 1 atom stereocenters. The van der Waals surface area contributed by atoms with Crippen molar-refractivity contribution in [1.82, 2.24) is 15.2 Å². The highest BCUT2D eigenvalue weighted by molar-refractivity contribution is 6.33. The molecule has 6 nitrogen and oxygen atoms in total. The number of amides is 2. The molecule has 3 aromatic rings. The molecular formula is C30H31ClN4O2. The van der Waals surface area contributed by atoms with Gasteiger partial charge in [-0.1, -0.05) is 29.8 Å². The number of carbonyl (C=O) groups is 2. The molecule has 37 heavy (non-hydrogen) atoms. The first-order valence-corrected chi connectivity index (χ1v) is 13.5. The first kappa shape index (κ1) is 24.0. The molecule has 2 amide bonds. The third-order valence-corrected chi connectivity index (χ3v) is 8.80. The summed E-state index contributed by atoms with van der Waals surface area (Å²) in [7, 11) is 0. The highest BCUT2D eigenvalue weighted by Crippen LogP contribution is 2.42. The molecule has 1 N–H and O–H groups in total. The van der Waals surface area contributed by atoms with Gasteiger partial charge < -0.3 is 15.1 Å². The fraction of sp³-hybridized carbons (Fsp3) is 0.367. The second-order valence-electron chi connectivity index (χ2n) is 10.6. The quantitative estimate of drug-likeness (QED) is 0.514. The molecule has 190 valence electrons. The minimum absolute atomic E-state index is 0.0966. The number of hydrogen-bond donors (Lipinski definition) is 1. The second kappa shape index (κ2) is 9.82. The molecule has 6 rings (SSSR count). The van der Waals surface area contributed by atoms with Gasteiger partial charge in [0.15, 0.2) is 0 Å². The van der Waals surface area contributed by atoms with Gasteiger partial charge in [0.05, 0.1) is 16.6 Å². The smallest absolute Gasteiger partial charge is 0.253 e. The Bertz CT molecular complexity index is 1320. The number of aryl methyl sites for hydroxylation is 1. The Labute approximate surface area is 222 Å². The molecule has 2 aliphatic heterocycles. The molecule has 2 fully saturated rings. The molecule has 3 heterocycles. The van der Waals surface area contributed by atoms with Crippen LogP contribution in [0.5, 0.6) is 0 Å². The Balaban J connectivity index is 1.12. The van der Waals surface area contributed by atoms with Gasteiger partial charge in [-0.05, 0) is 85.0 Å². The molecule has 0 bridgehead atoms. The highest BCUT2D eigenvalue weighted by Gasteiger charge is 2.42. The third kappa shape index (κ3) is 4.71. The molecule has 1 unspecified atom stereocenters. The van der Waals surface area contributed by atoms with Crippen molar-refractivity contribution in [3.63, 3.8) is 0 Å². The lowest BCUT2D eigenvalue weighted by molar-refractivity contribution is 0.0764. The van der Waals surface area contributed by atoms with Gasteiger partial charge in [-0.15, -0.1) is 0 Å². The maximum absolute atomic E-state index is 13.6. The van der Waals surface area contributed by atoms with Gasteiger partial charge in [-0.3, -0.25) is 14.6 Å². The number of pyridine rings is 1. The number of benzene rings is 2. The monoisotopic (exact) mass is 514 g/mol. The number of rotatable bonds is 4. The molecule has 1 aromatic heterocycles. The summed E-state index contributed by atoms with van der Waals surface area (Å²) in [6.07, 6.45) is 8.66. The van der Waals surface area contributed by atoms with Crippen LogP contribution in [0.15, 0.2) is 67.0 Å². The molecule has 1 aliphatic carbocycles. The van der Waals surface area contributed by atoms with E-state index in [9.17, 15) is 9.59 Å². The van der Waals surface area contributed by atoms with Crippen molar-refractivity contribution >= 4 is 29.1 Å². The first-order chi connectivity index (χ1) is 18.0. The summed E-state index contributed by atoms with van der Waals surface area (Å²) >= 11 is 6.23. The minimum atomic E-state index is -0.181. The van der Waals surface area contributed by atoms with E-state index in [4.69, 9.17) is 11.6 Å². The number of halogens is 1. The van der Waals surface area contributed by atoms with Gasteiger partial charge in [0.2, 0.25) is 0 Å². The number of nitrogens with one attached hydrogen (secondary N) is 1. The van der Waals surface area contributed by atoms with E-state index >= 15 is 0 Å². The zero-order valence-electron chi connectivity index (χ0n) is 20.8. The summed E-state index contributed by atoms with van der Waals surface area (Å²) in [5.41, 5.74) is 4.87. The second-order valence-corrected chi connectivity index (χ2v) is 11.0. The van der Waals surface area contributed by atoms with Crippen LogP contribution in [0.1, 0.15) is 63.6 Å². The molecule has 1 spiro atoms. The zero-order chi connectivity index (χ0) is 25.4. The number of hydrogen-bond acceptors (Lipinski definition) is 4. The average molecular weight is 515 g/mol. The van der Waals surface area contributed by atoms with E-state index in [2.05, 4.69) is 33.4 Å². The number of aromatic nitrogens is 1. The summed E-state index contributed by atoms with van der Waals surface area (Å²) in [5, 5.41) is 3.58. The Morgan fingerprint density at radius 2 is 1.73 bits per heavy atom. The lowest BCUT2D eigenvalue weighted by Gasteiger charge is -2.40. The maximum Gasteiger partial charge on any atom is 0.253 e. The first-order valence-electron chi connectivity index (χ1n) is 13.1. The van der Waals surface area contributed by atoms with Crippen molar-refractivity contribution < 1.29 is 9.59 Å². The van der Waals surface area contributed by atoms with Gasteiger partial charge in [0.1, 0.15) is 0 Å². The van der Waals surface area contributed by atoms with Gasteiger partial charge in [-0.25, -0.2) is 0 Å². The number of likely N-dealkylation sites (tertiary alicyclic amines) is 1. The van der Waals surface area contributed by atoms with E-state index in [0.717, 1.165) is 63.8 Å². The molecule has 0 saturated carbocycles. The van der Waals surface area contributed by atoms with Crippen molar-refractivity contribution in [2.75, 3.05) is 31.1 Å². The molecule has 2 aromatic carbocycles. The van der Waals surface area contributed by atoms with Crippen LogP contribution >= 0.6 is 11.6 Å². The summed E-state index contributed by atoms with van der Waals surface area (Å²) in [5.74, 6) is -0.0842. The largest absolute Gasteiger partial charge is 0.371 e. The average Bonchev–Trinajstić information content (AvgIpc) is 3.53. The summed E-state index contributed by atoms with van der Waals surface area (Å²) in [6.45, 7) is 3.65. The van der Waals surface area contributed by atoms with Crippen LogP contribution in [-0.2, 0) is 6.42 Å². The summed E-state index contributed by atoms with van der Waals surface area (Å²) in [6, 6.07) is 17.1. The number of fused-ring (bicyclic) bond motifs is 1. The SMILES string of the molecule is O=C(NC1CCc2ccc(C(=O)N3CCC4(CCN(c5ccncc5)CC4)C3)cc21)c1ccccc1Cl. The number of nitrogens with zero attached hydrogens (tertiary/aromatic N) is 3. The van der Waals surface area contributed by atoms with Crippen LogP contribution in [0.25, 0.3) is 0 Å². The van der Waals surface area contributed by atoms with Crippen LogP contribution in [0.4, 0.5) is 5.69 Å². The van der Waals surface area contributed by atoms with Crippen LogP contribution in [0.2, 0.25) is 5.02 Å². The minimum Gasteiger partial charge on any atom is -0.371 e.